The van der Waals surface area contributed by atoms with Crippen LogP contribution in [-0.2, 0) is 0 Å². The van der Waals surface area contributed by atoms with Crippen LogP contribution < -0.4 is 5.73 Å². The number of anilines is 1. The summed E-state index contributed by atoms with van der Waals surface area (Å²) in [5.74, 6) is 5.84. The van der Waals surface area contributed by atoms with Crippen LogP contribution in [0.15, 0.2) is 17.2 Å². The molecule has 0 heterocycles. The van der Waals surface area contributed by atoms with Crippen LogP contribution in [-0.4, -0.2) is 6.54 Å². The molecule has 0 aromatic heterocycles. The minimum absolute atomic E-state index is 0.380. The summed E-state index contributed by atoms with van der Waals surface area (Å²) >= 11 is 5.92. The van der Waals surface area contributed by atoms with Gasteiger partial charge in [-0.05, 0) is 30.2 Å². The molecule has 1 rings (SSSR count). The van der Waals surface area contributed by atoms with Gasteiger partial charge in [-0.15, -0.1) is 0 Å². The lowest BCUT2D eigenvalue weighted by Gasteiger charge is -2.02. The monoisotopic (exact) mass is 234 g/mol. The summed E-state index contributed by atoms with van der Waals surface area (Å²) in [6, 6.07) is 3.60. The number of rotatable bonds is 2. The van der Waals surface area contributed by atoms with Crippen molar-refractivity contribution in [1.82, 2.24) is 0 Å². The van der Waals surface area contributed by atoms with E-state index >= 15 is 0 Å². The Hall–Kier alpha value is -1.82. The molecule has 1 aromatic rings. The minimum atomic E-state index is 0.380. The largest absolute Gasteiger partial charge is 0.397 e. The van der Waals surface area contributed by atoms with E-state index in [4.69, 9.17) is 22.9 Å². The van der Waals surface area contributed by atoms with Gasteiger partial charge >= 0.3 is 0 Å². The summed E-state index contributed by atoms with van der Waals surface area (Å²) < 4.78 is 0. The average molecular weight is 235 g/mol. The van der Waals surface area contributed by atoms with E-state index in [1.165, 1.54) is 0 Å². The number of hydrogen-bond donors (Lipinski definition) is 1. The number of nitrogens with zero attached hydrogens (tertiary/aromatic N) is 3. The van der Waals surface area contributed by atoms with Crippen LogP contribution in [0.4, 0.5) is 5.69 Å². The second kappa shape index (κ2) is 5.92. The number of benzene rings is 1. The van der Waals surface area contributed by atoms with Crippen LogP contribution in [0.5, 0.6) is 0 Å². The van der Waals surface area contributed by atoms with Gasteiger partial charge in [-0.2, -0.15) is 0 Å². The highest BCUT2D eigenvalue weighted by molar-refractivity contribution is 6.33. The summed E-state index contributed by atoms with van der Waals surface area (Å²) in [4.78, 5) is 2.64. The van der Waals surface area contributed by atoms with Crippen molar-refractivity contribution in [2.24, 2.45) is 5.11 Å². The molecule has 0 fully saturated rings. The first-order valence-electron chi connectivity index (χ1n) is 4.70. The van der Waals surface area contributed by atoms with Crippen molar-refractivity contribution in [3.8, 4) is 11.8 Å². The Kier molecular flexibility index (Phi) is 4.53. The number of aryl methyl sites for hydroxylation is 1. The Morgan fingerprint density at radius 3 is 2.94 bits per heavy atom. The third-order valence-electron chi connectivity index (χ3n) is 1.97. The molecule has 82 valence electrons. The third-order valence-corrected chi connectivity index (χ3v) is 2.28. The first kappa shape index (κ1) is 12.3. The number of hydrogen-bond acceptors (Lipinski definition) is 2. The Morgan fingerprint density at radius 1 is 1.56 bits per heavy atom. The molecule has 0 saturated heterocycles. The molecule has 0 spiro atoms. The van der Waals surface area contributed by atoms with Crippen LogP contribution in [0.25, 0.3) is 10.4 Å². The van der Waals surface area contributed by atoms with Gasteiger partial charge < -0.3 is 5.73 Å². The molecule has 2 N–H and O–H groups in total. The predicted octanol–water partition coefficient (Wildman–Crippen LogP) is 3.28. The predicted molar refractivity (Wildman–Crippen MR) is 66.1 cm³/mol. The molecule has 0 bridgehead atoms. The van der Waals surface area contributed by atoms with Crippen molar-refractivity contribution in [1.29, 1.82) is 0 Å². The van der Waals surface area contributed by atoms with Gasteiger partial charge in [0.25, 0.3) is 0 Å². The summed E-state index contributed by atoms with van der Waals surface area (Å²) in [6.45, 7) is 2.26. The Bertz CT molecular complexity index is 469. The van der Waals surface area contributed by atoms with Gasteiger partial charge in [0.2, 0.25) is 0 Å². The topological polar surface area (TPSA) is 74.8 Å². The van der Waals surface area contributed by atoms with E-state index < -0.39 is 0 Å². The molecule has 0 aliphatic carbocycles. The molecular formula is C11H11ClN4. The number of nitrogen functional groups attached to an aromatic ring is 1. The Labute approximate surface area is 99.0 Å². The van der Waals surface area contributed by atoms with E-state index in [0.717, 1.165) is 11.1 Å². The van der Waals surface area contributed by atoms with Crippen molar-refractivity contribution in [3.63, 3.8) is 0 Å². The highest BCUT2D eigenvalue weighted by atomic mass is 35.5. The van der Waals surface area contributed by atoms with Crippen molar-refractivity contribution in [2.75, 3.05) is 12.3 Å². The lowest BCUT2D eigenvalue weighted by atomic mass is 10.1. The number of halogens is 1. The maximum Gasteiger partial charge on any atom is 0.0650 e. The highest BCUT2D eigenvalue weighted by Crippen LogP contribution is 2.23. The Morgan fingerprint density at radius 2 is 2.31 bits per heavy atom. The van der Waals surface area contributed by atoms with Crippen molar-refractivity contribution in [2.45, 2.75) is 13.3 Å². The lowest BCUT2D eigenvalue weighted by Crippen LogP contribution is -1.91. The molecule has 16 heavy (non-hydrogen) atoms. The Balaban J connectivity index is 2.78. The average Bonchev–Trinajstić information content (AvgIpc) is 2.25. The van der Waals surface area contributed by atoms with Gasteiger partial charge in [-0.1, -0.05) is 28.6 Å². The standard InChI is InChI=1S/C11H11ClN4/c1-8-6-9(7-10(12)11(8)13)4-2-3-5-15-16-14/h6-7H,3,5,13H2,1H3. The normalized spacial score (nSPS) is 8.88. The van der Waals surface area contributed by atoms with Crippen LogP contribution >= 0.6 is 11.6 Å². The van der Waals surface area contributed by atoms with E-state index in [1.807, 2.05) is 13.0 Å². The first-order chi connectivity index (χ1) is 7.65. The van der Waals surface area contributed by atoms with Gasteiger partial charge in [-0.25, -0.2) is 0 Å². The van der Waals surface area contributed by atoms with E-state index in [-0.39, 0.29) is 0 Å². The molecule has 5 heteroatoms. The zero-order valence-electron chi connectivity index (χ0n) is 8.87. The van der Waals surface area contributed by atoms with Crippen LogP contribution in [0.2, 0.25) is 5.02 Å². The van der Waals surface area contributed by atoms with E-state index in [2.05, 4.69) is 21.9 Å². The fourth-order valence-corrected chi connectivity index (χ4v) is 1.41. The zero-order chi connectivity index (χ0) is 12.0. The fraction of sp³-hybridized carbons (Fsp3) is 0.273. The molecule has 0 amide bonds. The maximum absolute atomic E-state index is 8.06. The van der Waals surface area contributed by atoms with E-state index in [1.54, 1.807) is 6.07 Å². The summed E-state index contributed by atoms with van der Waals surface area (Å²) in [7, 11) is 0. The van der Waals surface area contributed by atoms with Crippen molar-refractivity contribution >= 4 is 17.3 Å². The van der Waals surface area contributed by atoms with Gasteiger partial charge in [0.05, 0.1) is 10.7 Å². The SMILES string of the molecule is Cc1cc(C#CCCN=[N+]=[N-])cc(Cl)c1N. The molecule has 0 aliphatic rings. The third kappa shape index (κ3) is 3.39. The second-order valence-electron chi connectivity index (χ2n) is 3.19. The van der Waals surface area contributed by atoms with E-state index in [9.17, 15) is 0 Å². The van der Waals surface area contributed by atoms with E-state index in [0.29, 0.717) is 23.7 Å². The van der Waals surface area contributed by atoms with Gasteiger partial charge in [0.15, 0.2) is 0 Å². The molecule has 0 atom stereocenters. The highest BCUT2D eigenvalue weighted by Gasteiger charge is 2.00. The summed E-state index contributed by atoms with van der Waals surface area (Å²) in [5, 5.41) is 3.90. The van der Waals surface area contributed by atoms with Crippen molar-refractivity contribution in [3.05, 3.63) is 38.7 Å². The number of azide groups is 1. The molecule has 0 radical (unpaired) electrons. The van der Waals surface area contributed by atoms with Gasteiger partial charge in [0.1, 0.15) is 0 Å². The molecule has 1 aromatic carbocycles. The minimum Gasteiger partial charge on any atom is -0.397 e. The second-order valence-corrected chi connectivity index (χ2v) is 3.60. The van der Waals surface area contributed by atoms with Gasteiger partial charge in [0, 0.05) is 23.4 Å². The first-order valence-corrected chi connectivity index (χ1v) is 5.08. The zero-order valence-corrected chi connectivity index (χ0v) is 9.62. The molecule has 4 nitrogen and oxygen atoms in total. The summed E-state index contributed by atoms with van der Waals surface area (Å²) in [6.07, 6.45) is 0.533. The molecule has 0 unspecified atom stereocenters. The van der Waals surface area contributed by atoms with Crippen molar-refractivity contribution < 1.29 is 0 Å². The fourth-order valence-electron chi connectivity index (χ4n) is 1.14. The lowest BCUT2D eigenvalue weighted by molar-refractivity contribution is 1.01. The quantitative estimate of drug-likeness (QED) is 0.209. The number of nitrogens with two attached hydrogens (primary N) is 1. The van der Waals surface area contributed by atoms with Crippen LogP contribution in [0, 0.1) is 18.8 Å². The van der Waals surface area contributed by atoms with Crippen LogP contribution in [0.3, 0.4) is 0 Å². The van der Waals surface area contributed by atoms with Crippen LogP contribution in [0.1, 0.15) is 17.5 Å². The molecule has 0 aliphatic heterocycles. The molecule has 0 saturated carbocycles. The maximum atomic E-state index is 8.06. The summed E-state index contributed by atoms with van der Waals surface area (Å²) in [5.41, 5.74) is 16.1. The van der Waals surface area contributed by atoms with Gasteiger partial charge in [-0.3, -0.25) is 0 Å². The molecular weight excluding hydrogens is 224 g/mol. The smallest absolute Gasteiger partial charge is 0.0650 e.